The highest BCUT2D eigenvalue weighted by Crippen LogP contribution is 2.32. The van der Waals surface area contributed by atoms with Crippen LogP contribution in [0, 0.1) is 17.3 Å². The molecule has 0 amide bonds. The van der Waals surface area contributed by atoms with Gasteiger partial charge in [0, 0.05) is 36.3 Å². The van der Waals surface area contributed by atoms with Gasteiger partial charge in [-0.1, -0.05) is 45.4 Å². The summed E-state index contributed by atoms with van der Waals surface area (Å²) in [6.07, 6.45) is 10.0. The van der Waals surface area contributed by atoms with Gasteiger partial charge < -0.3 is 9.84 Å². The number of Topliss-reactive ketones (excluding diaryl/α,β-unsaturated/α-hetero) is 1. The summed E-state index contributed by atoms with van der Waals surface area (Å²) in [6, 6.07) is 0. The van der Waals surface area contributed by atoms with E-state index in [0.717, 1.165) is 42.7 Å². The van der Waals surface area contributed by atoms with Gasteiger partial charge in [0.25, 0.3) is 0 Å². The Morgan fingerprint density at radius 3 is 2.52 bits per heavy atom. The Balaban J connectivity index is 2.25. The van der Waals surface area contributed by atoms with Crippen molar-refractivity contribution in [1.82, 2.24) is 0 Å². The molecule has 0 bridgehead atoms. The summed E-state index contributed by atoms with van der Waals surface area (Å²) in [5.41, 5.74) is 3.52. The van der Waals surface area contributed by atoms with Crippen molar-refractivity contribution < 1.29 is 19.4 Å². The van der Waals surface area contributed by atoms with E-state index in [1.54, 1.807) is 0 Å². The van der Waals surface area contributed by atoms with Gasteiger partial charge in [-0.2, -0.15) is 0 Å². The smallest absolute Gasteiger partial charge is 0.306 e. The van der Waals surface area contributed by atoms with E-state index in [-0.39, 0.29) is 30.2 Å². The van der Waals surface area contributed by atoms with Gasteiger partial charge in [-0.25, -0.2) is 0 Å². The first kappa shape index (κ1) is 27.2. The zero-order valence-corrected chi connectivity index (χ0v) is 21.6. The second-order valence-corrected chi connectivity index (χ2v) is 10.7. The topological polar surface area (TPSA) is 76.0 Å². The highest BCUT2D eigenvalue weighted by molar-refractivity contribution is 5.87. The van der Waals surface area contributed by atoms with Crippen LogP contribution in [0.25, 0.3) is 0 Å². The van der Waals surface area contributed by atoms with E-state index in [0.29, 0.717) is 12.8 Å². The number of aliphatic hydroxyl groups excluding tert-OH is 1. The Morgan fingerprint density at radius 1 is 1.18 bits per heavy atom. The predicted molar refractivity (Wildman–Crippen MR) is 134 cm³/mol. The fraction of sp³-hybridized carbons (Fsp3) is 0.679. The lowest BCUT2D eigenvalue weighted by Gasteiger charge is -2.31. The van der Waals surface area contributed by atoms with Crippen LogP contribution in [0.4, 0.5) is 0 Å². The fourth-order valence-corrected chi connectivity index (χ4v) is 4.61. The minimum absolute atomic E-state index is 0.00634. The largest absolute Gasteiger partial charge is 0.457 e. The standard InChI is InChI=1S/C28H43NO4/c1-18-9-8-10-19(2)26(31)22(5)27(32)28(6,7)16-15-25(30)33-24(14-11-18)20(3)17-23-13-12-21(4)29-23/h11,13,17,19,22,24,26,31H,8-10,12,14-16H2,1-7H3/b18-11-,20-17+. The molecule has 5 heteroatoms. The predicted octanol–water partition coefficient (Wildman–Crippen LogP) is 6.12. The third-order valence-electron chi connectivity index (χ3n) is 7.12. The number of hydrogen-bond acceptors (Lipinski definition) is 5. The van der Waals surface area contributed by atoms with Crippen LogP contribution < -0.4 is 0 Å². The minimum Gasteiger partial charge on any atom is -0.457 e. The molecule has 0 saturated carbocycles. The minimum atomic E-state index is -0.700. The van der Waals surface area contributed by atoms with Crippen LogP contribution in [0.2, 0.25) is 0 Å². The quantitative estimate of drug-likeness (QED) is 0.400. The number of esters is 1. The highest BCUT2D eigenvalue weighted by Gasteiger charge is 2.36. The maximum atomic E-state index is 13.1. The fourth-order valence-electron chi connectivity index (χ4n) is 4.61. The molecule has 0 saturated heterocycles. The molecule has 1 N–H and O–H groups in total. The van der Waals surface area contributed by atoms with Crippen LogP contribution in [0.5, 0.6) is 0 Å². The Hall–Kier alpha value is -2.01. The van der Waals surface area contributed by atoms with Gasteiger partial charge in [-0.05, 0) is 64.0 Å². The van der Waals surface area contributed by atoms with Crippen molar-refractivity contribution in [1.29, 1.82) is 0 Å². The second kappa shape index (κ2) is 11.9. The van der Waals surface area contributed by atoms with Crippen molar-refractivity contribution in [3.8, 4) is 0 Å². The molecule has 0 aromatic rings. The van der Waals surface area contributed by atoms with Crippen molar-refractivity contribution in [2.75, 3.05) is 0 Å². The number of carbonyl (C=O) groups excluding carboxylic acids is 2. The van der Waals surface area contributed by atoms with Crippen molar-refractivity contribution in [2.45, 2.75) is 106 Å². The summed E-state index contributed by atoms with van der Waals surface area (Å²) in [4.78, 5) is 30.4. The van der Waals surface area contributed by atoms with E-state index in [1.807, 2.05) is 47.6 Å². The summed E-state index contributed by atoms with van der Waals surface area (Å²) in [7, 11) is 0. The van der Waals surface area contributed by atoms with E-state index in [1.165, 1.54) is 5.57 Å². The number of hydrogen-bond donors (Lipinski definition) is 1. The number of allylic oxidation sites excluding steroid dienone is 3. The third kappa shape index (κ3) is 8.06. The van der Waals surface area contributed by atoms with Crippen molar-refractivity contribution in [2.24, 2.45) is 22.2 Å². The van der Waals surface area contributed by atoms with Crippen LogP contribution >= 0.6 is 0 Å². The van der Waals surface area contributed by atoms with Crippen molar-refractivity contribution in [3.05, 3.63) is 35.1 Å². The zero-order valence-electron chi connectivity index (χ0n) is 21.6. The van der Waals surface area contributed by atoms with Gasteiger partial charge in [0.1, 0.15) is 11.9 Å². The first-order valence-corrected chi connectivity index (χ1v) is 12.4. The van der Waals surface area contributed by atoms with E-state index >= 15 is 0 Å². The number of rotatable bonds is 2. The molecular formula is C28H43NO4. The highest BCUT2D eigenvalue weighted by atomic mass is 16.5. The molecule has 0 fully saturated rings. The monoisotopic (exact) mass is 457 g/mol. The van der Waals surface area contributed by atoms with Crippen molar-refractivity contribution >= 4 is 17.5 Å². The van der Waals surface area contributed by atoms with Crippen LogP contribution in [0.3, 0.4) is 0 Å². The molecule has 0 aromatic heterocycles. The van der Waals surface area contributed by atoms with Crippen molar-refractivity contribution in [3.63, 3.8) is 0 Å². The van der Waals surface area contributed by atoms with Gasteiger partial charge in [0.2, 0.25) is 0 Å². The maximum absolute atomic E-state index is 13.1. The number of ketones is 1. The normalized spacial score (nSPS) is 32.5. The molecule has 2 aliphatic rings. The lowest BCUT2D eigenvalue weighted by Crippen LogP contribution is -2.39. The molecule has 2 aliphatic heterocycles. The molecule has 4 atom stereocenters. The lowest BCUT2D eigenvalue weighted by atomic mass is 9.74. The van der Waals surface area contributed by atoms with E-state index in [9.17, 15) is 14.7 Å². The average molecular weight is 458 g/mol. The van der Waals surface area contributed by atoms with Crippen LogP contribution in [-0.2, 0) is 14.3 Å². The molecule has 0 spiro atoms. The van der Waals surface area contributed by atoms with Crippen LogP contribution in [0.1, 0.15) is 93.4 Å². The van der Waals surface area contributed by atoms with Gasteiger partial charge >= 0.3 is 5.97 Å². The number of carbonyl (C=O) groups is 2. The molecule has 2 heterocycles. The number of cyclic esters (lactones) is 1. The second-order valence-electron chi connectivity index (χ2n) is 10.7. The Kier molecular flexibility index (Phi) is 9.84. The molecule has 0 radical (unpaired) electrons. The van der Waals surface area contributed by atoms with Crippen LogP contribution in [-0.4, -0.2) is 34.8 Å². The maximum Gasteiger partial charge on any atom is 0.306 e. The summed E-state index contributed by atoms with van der Waals surface area (Å²) in [5, 5.41) is 10.8. The first-order chi connectivity index (χ1) is 15.4. The molecule has 184 valence electrons. The van der Waals surface area contributed by atoms with E-state index in [4.69, 9.17) is 4.74 Å². The zero-order chi connectivity index (χ0) is 24.8. The summed E-state index contributed by atoms with van der Waals surface area (Å²) in [6.45, 7) is 13.7. The number of nitrogens with zero attached hydrogens (tertiary/aromatic N) is 1. The molecular weight excluding hydrogens is 414 g/mol. The Labute approximate surface area is 200 Å². The Morgan fingerprint density at radius 2 is 1.88 bits per heavy atom. The summed E-state index contributed by atoms with van der Waals surface area (Å²) < 4.78 is 5.90. The third-order valence-corrected chi connectivity index (χ3v) is 7.12. The number of aliphatic imine (C=N–C) groups is 1. The van der Waals surface area contributed by atoms with Crippen LogP contribution in [0.15, 0.2) is 40.1 Å². The Bertz CT molecular complexity index is 846. The average Bonchev–Trinajstić information content (AvgIpc) is 3.17. The van der Waals surface area contributed by atoms with E-state index < -0.39 is 17.4 Å². The number of aliphatic hydroxyl groups is 1. The SMILES string of the molecule is CC1=NC(/C=C(\C)C2C/C=C(/C)CCCC(C)C(O)C(C)C(=O)C(C)(C)CCC(=O)O2)=CC1. The molecule has 2 rings (SSSR count). The van der Waals surface area contributed by atoms with Gasteiger partial charge in [-0.15, -0.1) is 0 Å². The number of ether oxygens (including phenoxy) is 1. The van der Waals surface area contributed by atoms with E-state index in [2.05, 4.69) is 24.1 Å². The van der Waals surface area contributed by atoms with Gasteiger partial charge in [0.05, 0.1) is 11.8 Å². The summed E-state index contributed by atoms with van der Waals surface area (Å²) in [5.74, 6) is -0.704. The van der Waals surface area contributed by atoms with Gasteiger partial charge in [-0.3, -0.25) is 14.6 Å². The molecule has 4 unspecified atom stereocenters. The lowest BCUT2D eigenvalue weighted by molar-refractivity contribution is -0.148. The molecule has 33 heavy (non-hydrogen) atoms. The molecule has 0 aliphatic carbocycles. The summed E-state index contributed by atoms with van der Waals surface area (Å²) >= 11 is 0. The molecule has 0 aromatic carbocycles. The first-order valence-electron chi connectivity index (χ1n) is 12.4. The van der Waals surface area contributed by atoms with Gasteiger partial charge in [0.15, 0.2) is 0 Å². The molecule has 5 nitrogen and oxygen atoms in total.